The van der Waals surface area contributed by atoms with Crippen LogP contribution in [-0.4, -0.2) is 41.7 Å². The van der Waals surface area contributed by atoms with Crippen LogP contribution in [-0.2, 0) is 33.7 Å². The van der Waals surface area contributed by atoms with E-state index in [9.17, 15) is 4.79 Å². The maximum atomic E-state index is 13.1. The lowest BCUT2D eigenvalue weighted by atomic mass is 9.87. The molecule has 0 saturated heterocycles. The summed E-state index contributed by atoms with van der Waals surface area (Å²) in [6, 6.07) is 19.2. The Morgan fingerprint density at radius 2 is 1.76 bits per heavy atom. The van der Waals surface area contributed by atoms with Crippen LogP contribution in [0.3, 0.4) is 0 Å². The predicted molar refractivity (Wildman–Crippen MR) is 148 cm³/mol. The standard InChI is InChI=1S/C32H40N2O3/c1-22-14-16-25(17-15-22)29-26-21-34(19-10-13-24-11-8-7-9-12-24)20-18-27(26)33-23(2)28(29)30(31(35)36-6)37-32(3,4)5/h7-9,11-12,14-17,30H,10,13,18-21H2,1-6H3. The van der Waals surface area contributed by atoms with Gasteiger partial charge < -0.3 is 9.47 Å². The van der Waals surface area contributed by atoms with Gasteiger partial charge in [-0.3, -0.25) is 9.88 Å². The number of aromatic nitrogens is 1. The molecule has 0 amide bonds. The normalized spacial score (nSPS) is 14.8. The van der Waals surface area contributed by atoms with Gasteiger partial charge >= 0.3 is 5.97 Å². The summed E-state index contributed by atoms with van der Waals surface area (Å²) in [4.78, 5) is 20.7. The van der Waals surface area contributed by atoms with E-state index in [1.165, 1.54) is 23.8 Å². The molecule has 0 fully saturated rings. The summed E-state index contributed by atoms with van der Waals surface area (Å²) < 4.78 is 11.6. The second-order valence-corrected chi connectivity index (χ2v) is 11.0. The van der Waals surface area contributed by atoms with Crippen molar-refractivity contribution in [2.24, 2.45) is 0 Å². The van der Waals surface area contributed by atoms with Gasteiger partial charge in [-0.1, -0.05) is 60.2 Å². The van der Waals surface area contributed by atoms with Crippen LogP contribution < -0.4 is 0 Å². The lowest BCUT2D eigenvalue weighted by molar-refractivity contribution is -0.164. The minimum absolute atomic E-state index is 0.399. The number of benzene rings is 2. The van der Waals surface area contributed by atoms with Gasteiger partial charge in [-0.15, -0.1) is 0 Å². The highest BCUT2D eigenvalue weighted by Crippen LogP contribution is 2.40. The summed E-state index contributed by atoms with van der Waals surface area (Å²) in [7, 11) is 1.42. The van der Waals surface area contributed by atoms with Gasteiger partial charge in [0.05, 0.1) is 12.7 Å². The number of fused-ring (bicyclic) bond motifs is 1. The third kappa shape index (κ3) is 6.65. The molecule has 0 N–H and O–H groups in total. The maximum Gasteiger partial charge on any atom is 0.339 e. The van der Waals surface area contributed by atoms with Gasteiger partial charge in [0.2, 0.25) is 0 Å². The smallest absolute Gasteiger partial charge is 0.339 e. The molecule has 2 aromatic carbocycles. The number of rotatable bonds is 8. The van der Waals surface area contributed by atoms with Gasteiger partial charge in [0.15, 0.2) is 6.10 Å². The molecule has 1 aliphatic heterocycles. The predicted octanol–water partition coefficient (Wildman–Crippen LogP) is 6.39. The molecule has 5 heteroatoms. The summed E-state index contributed by atoms with van der Waals surface area (Å²) in [6.45, 7) is 12.8. The Hall–Kier alpha value is -3.02. The van der Waals surface area contributed by atoms with E-state index in [0.29, 0.717) is 0 Å². The van der Waals surface area contributed by atoms with Crippen LogP contribution in [0.5, 0.6) is 0 Å². The molecule has 5 nitrogen and oxygen atoms in total. The highest BCUT2D eigenvalue weighted by molar-refractivity contribution is 5.83. The summed E-state index contributed by atoms with van der Waals surface area (Å²) in [6.07, 6.45) is 2.20. The zero-order valence-electron chi connectivity index (χ0n) is 23.1. The van der Waals surface area contributed by atoms with Crippen LogP contribution in [0.4, 0.5) is 0 Å². The number of pyridine rings is 1. The molecule has 0 radical (unpaired) electrons. The number of carbonyl (C=O) groups excluding carboxylic acids is 1. The van der Waals surface area contributed by atoms with Gasteiger partial charge in [0.25, 0.3) is 0 Å². The largest absolute Gasteiger partial charge is 0.467 e. The number of aryl methyl sites for hydroxylation is 3. The fraction of sp³-hybridized carbons (Fsp3) is 0.438. The number of nitrogens with zero attached hydrogens (tertiary/aromatic N) is 2. The second kappa shape index (κ2) is 11.6. The van der Waals surface area contributed by atoms with Crippen molar-refractivity contribution in [1.82, 2.24) is 9.88 Å². The molecule has 37 heavy (non-hydrogen) atoms. The van der Waals surface area contributed by atoms with Crippen molar-refractivity contribution in [1.29, 1.82) is 0 Å². The molecule has 1 aliphatic rings. The van der Waals surface area contributed by atoms with E-state index in [-0.39, 0.29) is 0 Å². The van der Waals surface area contributed by atoms with E-state index < -0.39 is 17.7 Å². The Morgan fingerprint density at radius 3 is 2.41 bits per heavy atom. The van der Waals surface area contributed by atoms with Crippen LogP contribution in [0.25, 0.3) is 11.1 Å². The molecular weight excluding hydrogens is 460 g/mol. The van der Waals surface area contributed by atoms with Crippen molar-refractivity contribution in [2.75, 3.05) is 20.2 Å². The van der Waals surface area contributed by atoms with Crippen molar-refractivity contribution < 1.29 is 14.3 Å². The third-order valence-electron chi connectivity index (χ3n) is 6.93. The van der Waals surface area contributed by atoms with Gasteiger partial charge in [0.1, 0.15) is 0 Å². The number of esters is 1. The van der Waals surface area contributed by atoms with Crippen LogP contribution in [0.2, 0.25) is 0 Å². The number of hydrogen-bond acceptors (Lipinski definition) is 5. The van der Waals surface area contributed by atoms with Crippen molar-refractivity contribution >= 4 is 5.97 Å². The molecule has 3 aromatic rings. The van der Waals surface area contributed by atoms with Gasteiger partial charge in [-0.2, -0.15) is 0 Å². The topological polar surface area (TPSA) is 51.7 Å². The zero-order valence-corrected chi connectivity index (χ0v) is 23.1. The Kier molecular flexibility index (Phi) is 8.46. The SMILES string of the molecule is COC(=O)C(OC(C)(C)C)c1c(C)nc2c(c1-c1ccc(C)cc1)CN(CCCc1ccccc1)CC2. The quantitative estimate of drug-likeness (QED) is 0.336. The average molecular weight is 501 g/mol. The van der Waals surface area contributed by atoms with E-state index in [0.717, 1.165) is 67.0 Å². The molecule has 1 atom stereocenters. The molecule has 0 aliphatic carbocycles. The summed E-state index contributed by atoms with van der Waals surface area (Å²) in [5.41, 5.74) is 8.15. The maximum absolute atomic E-state index is 13.1. The number of methoxy groups -OCH3 is 1. The minimum Gasteiger partial charge on any atom is -0.467 e. The van der Waals surface area contributed by atoms with Crippen LogP contribution in [0.15, 0.2) is 54.6 Å². The Morgan fingerprint density at radius 1 is 1.05 bits per heavy atom. The average Bonchev–Trinajstić information content (AvgIpc) is 2.87. The van der Waals surface area contributed by atoms with Crippen LogP contribution >= 0.6 is 0 Å². The molecule has 1 aromatic heterocycles. The van der Waals surface area contributed by atoms with Crippen LogP contribution in [0, 0.1) is 13.8 Å². The molecule has 2 heterocycles. The van der Waals surface area contributed by atoms with E-state index >= 15 is 0 Å². The Balaban J connectivity index is 1.74. The van der Waals surface area contributed by atoms with Gasteiger partial charge in [-0.25, -0.2) is 4.79 Å². The zero-order chi connectivity index (χ0) is 26.6. The highest BCUT2D eigenvalue weighted by Gasteiger charge is 2.35. The van der Waals surface area contributed by atoms with E-state index in [4.69, 9.17) is 14.5 Å². The first kappa shape index (κ1) is 27.0. The fourth-order valence-electron chi connectivity index (χ4n) is 5.16. The fourth-order valence-corrected chi connectivity index (χ4v) is 5.16. The van der Waals surface area contributed by atoms with Gasteiger partial charge in [0, 0.05) is 36.5 Å². The summed E-state index contributed by atoms with van der Waals surface area (Å²) in [5, 5.41) is 0. The third-order valence-corrected chi connectivity index (χ3v) is 6.93. The lowest BCUT2D eigenvalue weighted by Crippen LogP contribution is -2.34. The van der Waals surface area contributed by atoms with Crippen molar-refractivity contribution in [3.8, 4) is 11.1 Å². The Labute approximate surface area is 221 Å². The first-order chi connectivity index (χ1) is 17.7. The molecule has 4 rings (SSSR count). The van der Waals surface area contributed by atoms with Crippen molar-refractivity contribution in [3.63, 3.8) is 0 Å². The monoisotopic (exact) mass is 500 g/mol. The van der Waals surface area contributed by atoms with E-state index in [1.807, 2.05) is 27.7 Å². The Bertz CT molecular complexity index is 1210. The first-order valence-electron chi connectivity index (χ1n) is 13.3. The summed E-state index contributed by atoms with van der Waals surface area (Å²) in [5.74, 6) is -0.399. The van der Waals surface area contributed by atoms with Gasteiger partial charge in [-0.05, 0) is 76.3 Å². The van der Waals surface area contributed by atoms with Crippen molar-refractivity contribution in [3.05, 3.63) is 88.2 Å². The summed E-state index contributed by atoms with van der Waals surface area (Å²) >= 11 is 0. The van der Waals surface area contributed by atoms with Crippen molar-refractivity contribution in [2.45, 2.75) is 72.1 Å². The lowest BCUT2D eigenvalue weighted by Gasteiger charge is -2.34. The molecule has 0 spiro atoms. The van der Waals surface area contributed by atoms with E-state index in [2.05, 4.69) is 66.4 Å². The number of ether oxygens (including phenoxy) is 2. The molecule has 1 unspecified atom stereocenters. The molecule has 0 bridgehead atoms. The highest BCUT2D eigenvalue weighted by atomic mass is 16.6. The number of carbonyl (C=O) groups is 1. The molecule has 196 valence electrons. The van der Waals surface area contributed by atoms with E-state index in [1.54, 1.807) is 0 Å². The minimum atomic E-state index is -0.854. The van der Waals surface area contributed by atoms with Crippen LogP contribution in [0.1, 0.15) is 66.9 Å². The molecular formula is C32H40N2O3. The second-order valence-electron chi connectivity index (χ2n) is 11.0. The molecule has 0 saturated carbocycles. The number of hydrogen-bond donors (Lipinski definition) is 0. The first-order valence-corrected chi connectivity index (χ1v) is 13.3.